The Kier molecular flexibility index (Phi) is 6.10. The van der Waals surface area contributed by atoms with Crippen LogP contribution in [0.3, 0.4) is 0 Å². The van der Waals surface area contributed by atoms with E-state index in [0.717, 1.165) is 12.1 Å². The number of halogens is 5. The number of aliphatic hydroxyl groups excluding tert-OH is 1. The fourth-order valence-electron chi connectivity index (χ4n) is 1.71. The Labute approximate surface area is 123 Å². The second-order valence-electron chi connectivity index (χ2n) is 4.52. The average Bonchev–Trinajstić information content (AvgIpc) is 2.44. The van der Waals surface area contributed by atoms with Gasteiger partial charge in [0.2, 0.25) is 0 Å². The maximum Gasteiger partial charge on any atom is 0.413 e. The molecule has 0 spiro atoms. The van der Waals surface area contributed by atoms with Crippen molar-refractivity contribution in [2.75, 3.05) is 6.61 Å². The van der Waals surface area contributed by atoms with Crippen LogP contribution in [0.15, 0.2) is 18.2 Å². The lowest BCUT2D eigenvalue weighted by Crippen LogP contribution is -2.48. The molecular formula is C13H15F5N2O2. The molecule has 2 amide bonds. The summed E-state index contributed by atoms with van der Waals surface area (Å²) in [6, 6.07) is -2.38. The van der Waals surface area contributed by atoms with Crippen LogP contribution in [0.5, 0.6) is 0 Å². The topological polar surface area (TPSA) is 61.4 Å². The highest BCUT2D eigenvalue weighted by Crippen LogP contribution is 2.34. The molecule has 0 aliphatic carbocycles. The number of urea groups is 1. The molecular weight excluding hydrogens is 311 g/mol. The lowest BCUT2D eigenvalue weighted by atomic mass is 10.1. The van der Waals surface area contributed by atoms with E-state index >= 15 is 0 Å². The summed E-state index contributed by atoms with van der Waals surface area (Å²) in [5.74, 6) is -3.13. The maximum absolute atomic E-state index is 13.5. The van der Waals surface area contributed by atoms with Crippen molar-refractivity contribution in [3.05, 3.63) is 35.4 Å². The molecule has 1 aromatic carbocycles. The van der Waals surface area contributed by atoms with Crippen molar-refractivity contribution in [2.24, 2.45) is 0 Å². The smallest absolute Gasteiger partial charge is 0.394 e. The van der Waals surface area contributed by atoms with E-state index in [1.807, 2.05) is 0 Å². The van der Waals surface area contributed by atoms with Crippen LogP contribution < -0.4 is 10.6 Å². The summed E-state index contributed by atoms with van der Waals surface area (Å²) in [7, 11) is 0. The zero-order valence-electron chi connectivity index (χ0n) is 11.5. The molecule has 3 N–H and O–H groups in total. The largest absolute Gasteiger partial charge is 0.413 e. The Balaban J connectivity index is 3.01. The van der Waals surface area contributed by atoms with Crippen LogP contribution in [0.1, 0.15) is 24.9 Å². The summed E-state index contributed by atoms with van der Waals surface area (Å²) < 4.78 is 65.6. The van der Waals surface area contributed by atoms with Crippen molar-refractivity contribution in [1.29, 1.82) is 0 Å². The summed E-state index contributed by atoms with van der Waals surface area (Å²) >= 11 is 0. The van der Waals surface area contributed by atoms with Gasteiger partial charge in [0.1, 0.15) is 0 Å². The molecule has 0 unspecified atom stereocenters. The number of carbonyl (C=O) groups excluding carboxylic acids is 1. The van der Waals surface area contributed by atoms with E-state index in [1.54, 1.807) is 12.2 Å². The van der Waals surface area contributed by atoms with Gasteiger partial charge in [-0.05, 0) is 12.5 Å². The van der Waals surface area contributed by atoms with E-state index in [4.69, 9.17) is 5.11 Å². The van der Waals surface area contributed by atoms with Crippen molar-refractivity contribution in [3.8, 4) is 0 Å². The van der Waals surface area contributed by atoms with Gasteiger partial charge >= 0.3 is 12.2 Å². The zero-order valence-corrected chi connectivity index (χ0v) is 11.5. The fraction of sp³-hybridized carbons (Fsp3) is 0.462. The number of benzene rings is 1. The van der Waals surface area contributed by atoms with Crippen molar-refractivity contribution < 1.29 is 31.9 Å². The van der Waals surface area contributed by atoms with Gasteiger partial charge in [-0.25, -0.2) is 13.6 Å². The van der Waals surface area contributed by atoms with Crippen LogP contribution in [-0.4, -0.2) is 30.0 Å². The van der Waals surface area contributed by atoms with E-state index < -0.39 is 48.1 Å². The molecule has 0 aliphatic heterocycles. The normalized spacial score (nSPS) is 14.3. The summed E-state index contributed by atoms with van der Waals surface area (Å²) in [6.45, 7) is 1.14. The predicted molar refractivity (Wildman–Crippen MR) is 68.0 cm³/mol. The minimum atomic E-state index is -5.02. The maximum atomic E-state index is 13.5. The predicted octanol–water partition coefficient (Wildman–Crippen LogP) is 2.64. The van der Waals surface area contributed by atoms with Crippen LogP contribution in [0.2, 0.25) is 0 Å². The van der Waals surface area contributed by atoms with E-state index in [0.29, 0.717) is 6.07 Å². The molecule has 9 heteroatoms. The number of carbonyl (C=O) groups is 1. The minimum absolute atomic E-state index is 0.287. The fourth-order valence-corrected chi connectivity index (χ4v) is 1.71. The van der Waals surface area contributed by atoms with Gasteiger partial charge < -0.3 is 15.7 Å². The number of aliphatic hydroxyl groups is 1. The second kappa shape index (κ2) is 7.39. The monoisotopic (exact) mass is 326 g/mol. The standard InChI is InChI=1S/C13H15F5N2O2/c1-2-7(6-21)19-12(22)20-11(13(16,17)18)8-4-3-5-9(14)10(8)15/h3-5,7,11,21H,2,6H2,1H3,(H2,19,20,22)/t7-,11+/m1/s1. The summed E-state index contributed by atoms with van der Waals surface area (Å²) in [4.78, 5) is 11.5. The molecule has 0 saturated heterocycles. The molecule has 0 fully saturated rings. The average molecular weight is 326 g/mol. The molecule has 0 saturated carbocycles. The van der Waals surface area contributed by atoms with Crippen molar-refractivity contribution in [1.82, 2.24) is 10.6 Å². The van der Waals surface area contributed by atoms with Crippen LogP contribution in [-0.2, 0) is 0 Å². The van der Waals surface area contributed by atoms with Gasteiger partial charge in [-0.2, -0.15) is 13.2 Å². The van der Waals surface area contributed by atoms with Crippen LogP contribution in [0.4, 0.5) is 26.7 Å². The van der Waals surface area contributed by atoms with Gasteiger partial charge in [-0.1, -0.05) is 19.1 Å². The Morgan fingerprint density at radius 2 is 1.91 bits per heavy atom. The van der Waals surface area contributed by atoms with Gasteiger partial charge in [0.15, 0.2) is 17.7 Å². The molecule has 4 nitrogen and oxygen atoms in total. The zero-order chi connectivity index (χ0) is 16.9. The highest BCUT2D eigenvalue weighted by atomic mass is 19.4. The Morgan fingerprint density at radius 1 is 1.27 bits per heavy atom. The number of rotatable bonds is 5. The van der Waals surface area contributed by atoms with Gasteiger partial charge in [0.05, 0.1) is 12.6 Å². The second-order valence-corrected chi connectivity index (χ2v) is 4.52. The minimum Gasteiger partial charge on any atom is -0.394 e. The molecule has 0 aromatic heterocycles. The molecule has 1 aromatic rings. The first-order valence-corrected chi connectivity index (χ1v) is 6.39. The van der Waals surface area contributed by atoms with Crippen LogP contribution in [0.25, 0.3) is 0 Å². The van der Waals surface area contributed by atoms with Gasteiger partial charge in [-0.15, -0.1) is 0 Å². The van der Waals surface area contributed by atoms with Gasteiger partial charge in [0, 0.05) is 5.56 Å². The first kappa shape index (κ1) is 18.1. The highest BCUT2D eigenvalue weighted by molar-refractivity contribution is 5.75. The van der Waals surface area contributed by atoms with Crippen molar-refractivity contribution in [3.63, 3.8) is 0 Å². The number of nitrogens with one attached hydrogen (secondary N) is 2. The Hall–Kier alpha value is -1.90. The quantitative estimate of drug-likeness (QED) is 0.729. The van der Waals surface area contributed by atoms with Crippen LogP contribution in [0, 0.1) is 11.6 Å². The number of hydrogen-bond donors (Lipinski definition) is 3. The summed E-state index contributed by atoms with van der Waals surface area (Å²) in [5, 5.41) is 12.5. The Morgan fingerprint density at radius 3 is 2.41 bits per heavy atom. The summed E-state index contributed by atoms with van der Waals surface area (Å²) in [6.07, 6.45) is -4.73. The number of amides is 2. The third kappa shape index (κ3) is 4.55. The molecule has 2 atom stereocenters. The third-order valence-electron chi connectivity index (χ3n) is 2.94. The first-order valence-electron chi connectivity index (χ1n) is 6.39. The van der Waals surface area contributed by atoms with E-state index in [2.05, 4.69) is 5.32 Å². The van der Waals surface area contributed by atoms with E-state index in [-0.39, 0.29) is 6.42 Å². The molecule has 0 aliphatic rings. The van der Waals surface area contributed by atoms with Crippen LogP contribution >= 0.6 is 0 Å². The Bertz CT molecular complexity index is 518. The molecule has 22 heavy (non-hydrogen) atoms. The number of alkyl halides is 3. The van der Waals surface area contributed by atoms with Crippen molar-refractivity contribution >= 4 is 6.03 Å². The summed E-state index contributed by atoms with van der Waals surface area (Å²) in [5.41, 5.74) is -1.03. The lowest BCUT2D eigenvalue weighted by Gasteiger charge is -2.24. The lowest BCUT2D eigenvalue weighted by molar-refractivity contribution is -0.155. The van der Waals surface area contributed by atoms with E-state index in [9.17, 15) is 26.7 Å². The molecule has 0 bridgehead atoms. The highest BCUT2D eigenvalue weighted by Gasteiger charge is 2.43. The third-order valence-corrected chi connectivity index (χ3v) is 2.94. The van der Waals surface area contributed by atoms with Gasteiger partial charge in [-0.3, -0.25) is 0 Å². The number of hydrogen-bond acceptors (Lipinski definition) is 2. The molecule has 1 rings (SSSR count). The molecule has 0 heterocycles. The van der Waals surface area contributed by atoms with E-state index in [1.165, 1.54) is 0 Å². The first-order chi connectivity index (χ1) is 10.2. The van der Waals surface area contributed by atoms with Crippen molar-refractivity contribution in [2.45, 2.75) is 31.6 Å². The molecule has 124 valence electrons. The molecule has 0 radical (unpaired) electrons. The SMILES string of the molecule is CC[C@H](CO)NC(=O)N[C@@H](c1cccc(F)c1F)C(F)(F)F. The van der Waals surface area contributed by atoms with Gasteiger partial charge in [0.25, 0.3) is 0 Å².